The summed E-state index contributed by atoms with van der Waals surface area (Å²) in [7, 11) is -3.92. The zero-order valence-electron chi connectivity index (χ0n) is 18.0. The van der Waals surface area contributed by atoms with Gasteiger partial charge in [0.15, 0.2) is 18.1 Å². The van der Waals surface area contributed by atoms with Crippen molar-refractivity contribution in [1.29, 1.82) is 0 Å². The van der Waals surface area contributed by atoms with Gasteiger partial charge in [-0.25, -0.2) is 17.9 Å². The fraction of sp³-hybridized carbons (Fsp3) is 0.240. The number of aliphatic hydroxyl groups is 1. The van der Waals surface area contributed by atoms with E-state index in [4.69, 9.17) is 14.6 Å². The number of carboxylic acid groups (broad SMARTS) is 1. The monoisotopic (exact) mass is 481 g/mol. The number of rotatable bonds is 7. The van der Waals surface area contributed by atoms with Gasteiger partial charge in [0.1, 0.15) is 6.10 Å². The molecule has 0 spiro atoms. The molecule has 1 aliphatic heterocycles. The summed E-state index contributed by atoms with van der Waals surface area (Å²) >= 11 is 0. The molecule has 0 saturated heterocycles. The largest absolute Gasteiger partial charge is 0.485 e. The van der Waals surface area contributed by atoms with Gasteiger partial charge in [-0.1, -0.05) is 54.6 Å². The summed E-state index contributed by atoms with van der Waals surface area (Å²) in [5.41, 5.74) is 2.55. The molecule has 4 unspecified atom stereocenters. The van der Waals surface area contributed by atoms with Crippen LogP contribution in [0.25, 0.3) is 11.1 Å². The number of hydrogen-bond acceptors (Lipinski definition) is 6. The molecule has 0 radical (unpaired) electrons. The number of ether oxygens (including phenoxy) is 2. The molecule has 1 heterocycles. The molecule has 1 saturated carbocycles. The van der Waals surface area contributed by atoms with E-state index < -0.39 is 46.8 Å². The zero-order valence-corrected chi connectivity index (χ0v) is 18.8. The van der Waals surface area contributed by atoms with Gasteiger partial charge in [0.2, 0.25) is 10.0 Å². The van der Waals surface area contributed by atoms with Crippen LogP contribution in [0.3, 0.4) is 0 Å². The van der Waals surface area contributed by atoms with Gasteiger partial charge in [0.25, 0.3) is 0 Å². The van der Waals surface area contributed by atoms with Crippen LogP contribution in [-0.2, 0) is 14.8 Å². The van der Waals surface area contributed by atoms with E-state index in [1.54, 1.807) is 42.5 Å². The molecule has 3 aromatic carbocycles. The molecule has 4 atom stereocenters. The second-order valence-electron chi connectivity index (χ2n) is 8.38. The van der Waals surface area contributed by atoms with Crippen LogP contribution in [0.5, 0.6) is 11.5 Å². The Bertz CT molecular complexity index is 1310. The van der Waals surface area contributed by atoms with Crippen LogP contribution in [0.2, 0.25) is 0 Å². The normalized spacial score (nSPS) is 23.1. The van der Waals surface area contributed by atoms with E-state index in [9.17, 15) is 18.3 Å². The molecule has 34 heavy (non-hydrogen) atoms. The highest BCUT2D eigenvalue weighted by Gasteiger charge is 2.51. The van der Waals surface area contributed by atoms with E-state index in [0.29, 0.717) is 11.3 Å². The Morgan fingerprint density at radius 2 is 1.71 bits per heavy atom. The van der Waals surface area contributed by atoms with Gasteiger partial charge >= 0.3 is 5.97 Å². The number of carbonyl (C=O) groups is 1. The molecule has 2 aliphatic rings. The first-order valence-corrected chi connectivity index (χ1v) is 12.3. The molecular weight excluding hydrogens is 458 g/mol. The SMILES string of the molecule is O=C(O)COc1cccc2c1OC1CC(O)C(NS(=O)(=O)c3ccc(-c4ccccc4)cc3)C21. The number of sulfonamides is 1. The second kappa shape index (κ2) is 8.75. The molecule has 3 N–H and O–H groups in total. The average molecular weight is 482 g/mol. The summed E-state index contributed by atoms with van der Waals surface area (Å²) in [4.78, 5) is 11.0. The number of carboxylic acids is 1. The molecule has 0 aromatic heterocycles. The van der Waals surface area contributed by atoms with Crippen LogP contribution in [-0.4, -0.2) is 49.5 Å². The van der Waals surface area contributed by atoms with Crippen LogP contribution >= 0.6 is 0 Å². The fourth-order valence-corrected chi connectivity index (χ4v) is 5.99. The van der Waals surface area contributed by atoms with Gasteiger partial charge in [-0.15, -0.1) is 0 Å². The first-order chi connectivity index (χ1) is 16.3. The third-order valence-electron chi connectivity index (χ3n) is 6.23. The Morgan fingerprint density at radius 3 is 2.41 bits per heavy atom. The molecule has 0 amide bonds. The number of aliphatic hydroxyl groups excluding tert-OH is 1. The highest BCUT2D eigenvalue weighted by atomic mass is 32.2. The Balaban J connectivity index is 1.39. The first-order valence-electron chi connectivity index (χ1n) is 10.8. The van der Waals surface area contributed by atoms with Gasteiger partial charge in [-0.3, -0.25) is 0 Å². The van der Waals surface area contributed by atoms with Crippen molar-refractivity contribution < 1.29 is 32.9 Å². The minimum Gasteiger partial charge on any atom is -0.485 e. The zero-order chi connectivity index (χ0) is 23.9. The van der Waals surface area contributed by atoms with Crippen LogP contribution in [0, 0.1) is 0 Å². The van der Waals surface area contributed by atoms with Gasteiger partial charge in [0.05, 0.1) is 17.0 Å². The first kappa shape index (κ1) is 22.4. The number of para-hydroxylation sites is 1. The van der Waals surface area contributed by atoms with Crippen molar-refractivity contribution in [2.75, 3.05) is 6.61 Å². The standard InChI is InChI=1S/C25H23NO7S/c27-19-13-21-23(18-7-4-8-20(25(18)33-21)32-14-22(28)29)24(19)26-34(30,31)17-11-9-16(10-12-17)15-5-2-1-3-6-15/h1-12,19,21,23-24,26-27H,13-14H2,(H,28,29). The Labute approximate surface area is 196 Å². The number of fused-ring (bicyclic) bond motifs is 3. The van der Waals surface area contributed by atoms with E-state index in [0.717, 1.165) is 11.1 Å². The van der Waals surface area contributed by atoms with E-state index >= 15 is 0 Å². The maximum atomic E-state index is 13.2. The van der Waals surface area contributed by atoms with E-state index in [-0.39, 0.29) is 17.1 Å². The Morgan fingerprint density at radius 1 is 1.00 bits per heavy atom. The predicted molar refractivity (Wildman–Crippen MR) is 123 cm³/mol. The summed E-state index contributed by atoms with van der Waals surface area (Å²) < 4.78 is 40.3. The molecular formula is C25H23NO7S. The van der Waals surface area contributed by atoms with Gasteiger partial charge in [-0.2, -0.15) is 0 Å². The molecule has 1 fully saturated rings. The van der Waals surface area contributed by atoms with Gasteiger partial charge in [0, 0.05) is 17.9 Å². The summed E-state index contributed by atoms with van der Waals surface area (Å²) in [5.74, 6) is -0.879. The summed E-state index contributed by atoms with van der Waals surface area (Å²) in [5, 5.41) is 19.6. The number of aliphatic carboxylic acids is 1. The van der Waals surface area contributed by atoms with E-state index in [1.807, 2.05) is 30.3 Å². The summed E-state index contributed by atoms with van der Waals surface area (Å²) in [6.07, 6.45) is -1.16. The summed E-state index contributed by atoms with van der Waals surface area (Å²) in [6, 6.07) is 20.5. The number of benzene rings is 3. The molecule has 8 nitrogen and oxygen atoms in total. The highest BCUT2D eigenvalue weighted by Crippen LogP contribution is 2.51. The van der Waals surface area contributed by atoms with E-state index in [1.165, 1.54) is 0 Å². The Kier molecular flexibility index (Phi) is 5.76. The molecule has 3 aromatic rings. The van der Waals surface area contributed by atoms with Crippen molar-refractivity contribution in [2.45, 2.75) is 35.5 Å². The third kappa shape index (κ3) is 4.13. The minimum absolute atomic E-state index is 0.0977. The number of nitrogens with one attached hydrogen (secondary N) is 1. The minimum atomic E-state index is -3.92. The van der Waals surface area contributed by atoms with Gasteiger partial charge < -0.3 is 19.7 Å². The van der Waals surface area contributed by atoms with Crippen molar-refractivity contribution in [3.05, 3.63) is 78.4 Å². The van der Waals surface area contributed by atoms with Gasteiger partial charge in [-0.05, 0) is 29.3 Å². The molecule has 5 rings (SSSR count). The lowest BCUT2D eigenvalue weighted by Crippen LogP contribution is -2.43. The maximum Gasteiger partial charge on any atom is 0.341 e. The van der Waals surface area contributed by atoms with Crippen molar-refractivity contribution in [1.82, 2.24) is 4.72 Å². The van der Waals surface area contributed by atoms with Crippen LogP contribution in [0.1, 0.15) is 17.9 Å². The highest BCUT2D eigenvalue weighted by molar-refractivity contribution is 7.89. The van der Waals surface area contributed by atoms with Crippen molar-refractivity contribution in [2.24, 2.45) is 0 Å². The fourth-order valence-electron chi connectivity index (χ4n) is 4.70. The number of hydrogen-bond donors (Lipinski definition) is 3. The quantitative estimate of drug-likeness (QED) is 0.474. The smallest absolute Gasteiger partial charge is 0.341 e. The van der Waals surface area contributed by atoms with Crippen molar-refractivity contribution in [3.8, 4) is 22.6 Å². The third-order valence-corrected chi connectivity index (χ3v) is 7.70. The molecule has 176 valence electrons. The second-order valence-corrected chi connectivity index (χ2v) is 10.1. The maximum absolute atomic E-state index is 13.2. The van der Waals surface area contributed by atoms with Crippen LogP contribution in [0.4, 0.5) is 0 Å². The van der Waals surface area contributed by atoms with Crippen molar-refractivity contribution >= 4 is 16.0 Å². The lowest BCUT2D eigenvalue weighted by molar-refractivity contribution is -0.139. The lowest BCUT2D eigenvalue weighted by Gasteiger charge is -2.22. The van der Waals surface area contributed by atoms with Crippen molar-refractivity contribution in [3.63, 3.8) is 0 Å². The average Bonchev–Trinajstić information content (AvgIpc) is 3.34. The Hall–Kier alpha value is -3.40. The molecule has 1 aliphatic carbocycles. The predicted octanol–water partition coefficient (Wildman–Crippen LogP) is 2.77. The van der Waals surface area contributed by atoms with Crippen LogP contribution < -0.4 is 14.2 Å². The van der Waals surface area contributed by atoms with Crippen LogP contribution in [0.15, 0.2) is 77.7 Å². The molecule has 9 heteroatoms. The molecule has 0 bridgehead atoms. The lowest BCUT2D eigenvalue weighted by atomic mass is 9.94. The van der Waals surface area contributed by atoms with E-state index in [2.05, 4.69) is 4.72 Å². The topological polar surface area (TPSA) is 122 Å². The summed E-state index contributed by atoms with van der Waals surface area (Å²) in [6.45, 7) is -0.521.